The first-order chi connectivity index (χ1) is 15.6. The van der Waals surface area contributed by atoms with Crippen molar-refractivity contribution in [1.82, 2.24) is 25.1 Å². The van der Waals surface area contributed by atoms with Crippen LogP contribution in [0.1, 0.15) is 76.7 Å². The summed E-state index contributed by atoms with van der Waals surface area (Å²) in [5, 5.41) is 10.5. The van der Waals surface area contributed by atoms with Crippen molar-refractivity contribution < 1.29 is 14.2 Å². The first kappa shape index (κ1) is 21.1. The second-order valence-corrected chi connectivity index (χ2v) is 9.70. The molecule has 0 radical (unpaired) electrons. The first-order valence-corrected chi connectivity index (χ1v) is 12.2. The van der Waals surface area contributed by atoms with Crippen molar-refractivity contribution in [3.05, 3.63) is 39.8 Å². The highest BCUT2D eigenvalue weighted by Gasteiger charge is 2.29. The summed E-state index contributed by atoms with van der Waals surface area (Å²) in [6.45, 7) is 1.34. The van der Waals surface area contributed by atoms with Gasteiger partial charge in [-0.25, -0.2) is 9.61 Å². The van der Waals surface area contributed by atoms with Crippen LogP contribution in [0.15, 0.2) is 28.2 Å². The molecular formula is C23H27N5O3S. The lowest BCUT2D eigenvalue weighted by atomic mass is 9.94. The van der Waals surface area contributed by atoms with Crippen LogP contribution in [-0.2, 0) is 0 Å². The molecule has 3 aromatic rings. The molecule has 0 atom stereocenters. The van der Waals surface area contributed by atoms with Crippen LogP contribution in [-0.4, -0.2) is 63.1 Å². The SMILES string of the molecule is CN(C(=O)c1csc(C2CCN(C(=O)c3ccc4nonc4c3)CC2)n1)C1CCCCC1. The minimum Gasteiger partial charge on any atom is -0.339 e. The van der Waals surface area contributed by atoms with Crippen LogP contribution in [0, 0.1) is 0 Å². The van der Waals surface area contributed by atoms with Crippen LogP contribution < -0.4 is 0 Å². The number of rotatable bonds is 4. The number of hydrogen-bond acceptors (Lipinski definition) is 7. The molecule has 2 fully saturated rings. The van der Waals surface area contributed by atoms with Crippen LogP contribution >= 0.6 is 11.3 Å². The van der Waals surface area contributed by atoms with Gasteiger partial charge in [0.15, 0.2) is 0 Å². The summed E-state index contributed by atoms with van der Waals surface area (Å²) in [5.74, 6) is 0.315. The van der Waals surface area contributed by atoms with Gasteiger partial charge in [0, 0.05) is 43.0 Å². The minimum atomic E-state index is -0.00235. The van der Waals surface area contributed by atoms with Crippen LogP contribution in [0.3, 0.4) is 0 Å². The second-order valence-electron chi connectivity index (χ2n) is 8.81. The number of carbonyl (C=O) groups is 2. The number of thiazole rings is 1. The Kier molecular flexibility index (Phi) is 5.91. The Balaban J connectivity index is 1.19. The van der Waals surface area contributed by atoms with Crippen LogP contribution in [0.25, 0.3) is 11.0 Å². The molecule has 2 amide bonds. The molecule has 32 heavy (non-hydrogen) atoms. The number of amides is 2. The average molecular weight is 454 g/mol. The summed E-state index contributed by atoms with van der Waals surface area (Å²) in [4.78, 5) is 34.3. The van der Waals surface area contributed by atoms with E-state index in [9.17, 15) is 9.59 Å². The molecule has 1 aromatic carbocycles. The Morgan fingerprint density at radius 1 is 1.06 bits per heavy atom. The molecule has 8 nitrogen and oxygen atoms in total. The molecule has 0 bridgehead atoms. The van der Waals surface area contributed by atoms with Gasteiger partial charge in [0.05, 0.1) is 5.01 Å². The normalized spacial score (nSPS) is 18.2. The van der Waals surface area contributed by atoms with E-state index >= 15 is 0 Å². The fraction of sp³-hybridized carbons (Fsp3) is 0.522. The monoisotopic (exact) mass is 453 g/mol. The predicted octanol–water partition coefficient (Wildman–Crippen LogP) is 4.10. The van der Waals surface area contributed by atoms with Gasteiger partial charge in [0.25, 0.3) is 11.8 Å². The summed E-state index contributed by atoms with van der Waals surface area (Å²) >= 11 is 1.57. The van der Waals surface area contributed by atoms with E-state index in [1.54, 1.807) is 29.5 Å². The number of aromatic nitrogens is 3. The number of fused-ring (bicyclic) bond motifs is 1. The second kappa shape index (κ2) is 8.97. The van der Waals surface area contributed by atoms with Crippen molar-refractivity contribution in [1.29, 1.82) is 0 Å². The Morgan fingerprint density at radius 3 is 2.59 bits per heavy atom. The minimum absolute atomic E-state index is 0.00235. The molecule has 1 saturated heterocycles. The third kappa shape index (κ3) is 4.13. The molecule has 2 aromatic heterocycles. The molecule has 3 heterocycles. The van der Waals surface area contributed by atoms with E-state index in [0.29, 0.717) is 41.4 Å². The number of carbonyl (C=O) groups excluding carboxylic acids is 2. The van der Waals surface area contributed by atoms with Gasteiger partial charge >= 0.3 is 0 Å². The fourth-order valence-electron chi connectivity index (χ4n) is 4.82. The Labute approximate surface area is 190 Å². The molecule has 0 spiro atoms. The smallest absolute Gasteiger partial charge is 0.273 e. The number of likely N-dealkylation sites (tertiary alicyclic amines) is 1. The molecule has 9 heteroatoms. The lowest BCUT2D eigenvalue weighted by Gasteiger charge is -2.31. The van der Waals surface area contributed by atoms with E-state index < -0.39 is 0 Å². The summed E-state index contributed by atoms with van der Waals surface area (Å²) in [5.41, 5.74) is 2.39. The van der Waals surface area contributed by atoms with Gasteiger partial charge in [-0.3, -0.25) is 9.59 Å². The van der Waals surface area contributed by atoms with Gasteiger partial charge in [-0.15, -0.1) is 11.3 Å². The molecule has 1 aliphatic heterocycles. The summed E-state index contributed by atoms with van der Waals surface area (Å²) < 4.78 is 4.72. The van der Waals surface area contributed by atoms with Crippen LogP contribution in [0.5, 0.6) is 0 Å². The van der Waals surface area contributed by atoms with Crippen molar-refractivity contribution in [2.75, 3.05) is 20.1 Å². The molecule has 168 valence electrons. The van der Waals surface area contributed by atoms with Crippen LogP contribution in [0.4, 0.5) is 0 Å². The largest absolute Gasteiger partial charge is 0.339 e. The van der Waals surface area contributed by atoms with Crippen molar-refractivity contribution in [2.24, 2.45) is 0 Å². The maximum absolute atomic E-state index is 12.9. The van der Waals surface area contributed by atoms with E-state index in [1.807, 2.05) is 22.2 Å². The molecule has 0 N–H and O–H groups in total. The van der Waals surface area contributed by atoms with Crippen molar-refractivity contribution in [2.45, 2.75) is 56.9 Å². The molecule has 5 rings (SSSR count). The first-order valence-electron chi connectivity index (χ1n) is 11.3. The third-order valence-electron chi connectivity index (χ3n) is 6.82. The number of nitrogens with zero attached hydrogens (tertiary/aromatic N) is 5. The van der Waals surface area contributed by atoms with E-state index in [0.717, 1.165) is 30.7 Å². The van der Waals surface area contributed by atoms with Gasteiger partial charge in [-0.05, 0) is 54.2 Å². The zero-order chi connectivity index (χ0) is 22.1. The molecular weight excluding hydrogens is 426 g/mol. The van der Waals surface area contributed by atoms with E-state index in [2.05, 4.69) is 10.3 Å². The maximum atomic E-state index is 12.9. The topological polar surface area (TPSA) is 92.4 Å². The summed E-state index contributed by atoms with van der Waals surface area (Å²) in [6, 6.07) is 5.58. The van der Waals surface area contributed by atoms with Crippen molar-refractivity contribution in [3.63, 3.8) is 0 Å². The number of piperidine rings is 1. The zero-order valence-corrected chi connectivity index (χ0v) is 19.0. The highest BCUT2D eigenvalue weighted by molar-refractivity contribution is 7.09. The van der Waals surface area contributed by atoms with Gasteiger partial charge in [-0.1, -0.05) is 19.3 Å². The van der Waals surface area contributed by atoms with Gasteiger partial charge in [0.1, 0.15) is 16.7 Å². The number of benzene rings is 1. The summed E-state index contributed by atoms with van der Waals surface area (Å²) in [7, 11) is 1.91. The number of hydrogen-bond donors (Lipinski definition) is 0. The van der Waals surface area contributed by atoms with Gasteiger partial charge in [-0.2, -0.15) is 0 Å². The Bertz CT molecular complexity index is 1110. The molecule has 0 unspecified atom stereocenters. The summed E-state index contributed by atoms with van der Waals surface area (Å²) in [6.07, 6.45) is 7.54. The zero-order valence-electron chi connectivity index (χ0n) is 18.2. The van der Waals surface area contributed by atoms with Crippen LogP contribution in [0.2, 0.25) is 0 Å². The highest BCUT2D eigenvalue weighted by atomic mass is 32.1. The van der Waals surface area contributed by atoms with Crippen molar-refractivity contribution >= 4 is 34.2 Å². The molecule has 1 aliphatic carbocycles. The third-order valence-corrected chi connectivity index (χ3v) is 7.82. The Hall–Kier alpha value is -2.81. The van der Waals surface area contributed by atoms with Gasteiger partial charge < -0.3 is 9.80 Å². The maximum Gasteiger partial charge on any atom is 0.273 e. The standard InChI is InChI=1S/C23H27N5O3S/c1-27(17-5-3-2-4-6-17)23(30)20-14-32-21(24-20)15-9-11-28(12-10-15)22(29)16-7-8-18-19(13-16)26-31-25-18/h7-8,13-15,17H,2-6,9-12H2,1H3. The fourth-order valence-corrected chi connectivity index (χ4v) is 5.78. The van der Waals surface area contributed by atoms with E-state index in [1.165, 1.54) is 19.3 Å². The predicted molar refractivity (Wildman–Crippen MR) is 121 cm³/mol. The van der Waals surface area contributed by atoms with Crippen molar-refractivity contribution in [3.8, 4) is 0 Å². The molecule has 1 saturated carbocycles. The van der Waals surface area contributed by atoms with Gasteiger partial charge in [0.2, 0.25) is 0 Å². The lowest BCUT2D eigenvalue weighted by molar-refractivity contribution is 0.0690. The van der Waals surface area contributed by atoms with E-state index in [4.69, 9.17) is 9.61 Å². The average Bonchev–Trinajstić information content (AvgIpc) is 3.53. The highest BCUT2D eigenvalue weighted by Crippen LogP contribution is 2.32. The van der Waals surface area contributed by atoms with E-state index in [-0.39, 0.29) is 17.7 Å². The lowest BCUT2D eigenvalue weighted by Crippen LogP contribution is -2.38. The quantitative estimate of drug-likeness (QED) is 0.590. The molecule has 2 aliphatic rings. The Morgan fingerprint density at radius 2 is 1.81 bits per heavy atom.